The average Bonchev–Trinajstić information content (AvgIpc) is 2.29. The molecule has 2 N–H and O–H groups in total. The van der Waals surface area contributed by atoms with Crippen LogP contribution in [-0.2, 0) is 4.74 Å². The molecule has 0 aromatic carbocycles. The minimum atomic E-state index is -0.152. The third-order valence-corrected chi connectivity index (χ3v) is 2.17. The van der Waals surface area contributed by atoms with E-state index in [0.29, 0.717) is 12.4 Å². The molecule has 1 aromatic rings. The van der Waals surface area contributed by atoms with Gasteiger partial charge in [-0.2, -0.15) is 0 Å². The zero-order valence-electron chi connectivity index (χ0n) is 9.86. The monoisotopic (exact) mass is 226 g/mol. The first kappa shape index (κ1) is 12.7. The van der Waals surface area contributed by atoms with Crippen LogP contribution < -0.4 is 10.1 Å². The molecule has 1 unspecified atom stereocenters. The number of anilines is 1. The number of nitrogens with one attached hydrogen (secondary N) is 1. The molecule has 1 rings (SSSR count). The van der Waals surface area contributed by atoms with Crippen LogP contribution in [0.4, 0.5) is 5.69 Å². The van der Waals surface area contributed by atoms with Crippen LogP contribution in [0.15, 0.2) is 12.3 Å². The molecule has 0 saturated carbocycles. The van der Waals surface area contributed by atoms with Crippen molar-refractivity contribution < 1.29 is 14.6 Å². The molecule has 1 aromatic heterocycles. The normalized spacial score (nSPS) is 12.2. The predicted molar refractivity (Wildman–Crippen MR) is 61.9 cm³/mol. The number of hydrogen-bond acceptors (Lipinski definition) is 5. The molecule has 1 atom stereocenters. The van der Waals surface area contributed by atoms with Gasteiger partial charge < -0.3 is 19.9 Å². The van der Waals surface area contributed by atoms with Crippen molar-refractivity contribution in [3.63, 3.8) is 0 Å². The van der Waals surface area contributed by atoms with Crippen LogP contribution in [0.2, 0.25) is 0 Å². The van der Waals surface area contributed by atoms with Crippen LogP contribution in [0.1, 0.15) is 5.69 Å². The van der Waals surface area contributed by atoms with Crippen LogP contribution in [0.5, 0.6) is 5.75 Å². The summed E-state index contributed by atoms with van der Waals surface area (Å²) in [7, 11) is 3.18. The number of methoxy groups -OCH3 is 2. The number of aliphatic hydroxyl groups is 1. The highest BCUT2D eigenvalue weighted by Gasteiger charge is 2.10. The van der Waals surface area contributed by atoms with Gasteiger partial charge >= 0.3 is 0 Å². The lowest BCUT2D eigenvalue weighted by Crippen LogP contribution is -2.29. The largest absolute Gasteiger partial charge is 0.493 e. The second-order valence-corrected chi connectivity index (χ2v) is 3.51. The molecule has 0 fully saturated rings. The fraction of sp³-hybridized carbons (Fsp3) is 0.545. The quantitative estimate of drug-likeness (QED) is 0.751. The van der Waals surface area contributed by atoms with Crippen molar-refractivity contribution in [1.29, 1.82) is 0 Å². The molecule has 0 amide bonds. The maximum Gasteiger partial charge on any atom is 0.160 e. The van der Waals surface area contributed by atoms with Crippen molar-refractivity contribution >= 4 is 5.69 Å². The van der Waals surface area contributed by atoms with Crippen molar-refractivity contribution in [3.05, 3.63) is 18.0 Å². The Kier molecular flexibility index (Phi) is 5.01. The minimum Gasteiger partial charge on any atom is -0.493 e. The molecule has 0 bridgehead atoms. The van der Waals surface area contributed by atoms with Crippen molar-refractivity contribution in [2.24, 2.45) is 0 Å². The second kappa shape index (κ2) is 6.30. The number of nitrogens with zero attached hydrogens (tertiary/aromatic N) is 1. The third-order valence-electron chi connectivity index (χ3n) is 2.17. The molecule has 1 heterocycles. The lowest BCUT2D eigenvalue weighted by molar-refractivity contribution is 0.153. The van der Waals surface area contributed by atoms with Gasteiger partial charge in [-0.15, -0.1) is 0 Å². The smallest absolute Gasteiger partial charge is 0.160 e. The van der Waals surface area contributed by atoms with Gasteiger partial charge in [-0.3, -0.25) is 4.98 Å². The Bertz CT molecular complexity index is 331. The first-order valence-corrected chi connectivity index (χ1v) is 5.08. The van der Waals surface area contributed by atoms with Gasteiger partial charge in [0.15, 0.2) is 5.75 Å². The summed E-state index contributed by atoms with van der Waals surface area (Å²) in [4.78, 5) is 4.13. The maximum absolute atomic E-state index is 9.15. The summed E-state index contributed by atoms with van der Waals surface area (Å²) >= 11 is 0. The minimum absolute atomic E-state index is 0.00162. The van der Waals surface area contributed by atoms with Gasteiger partial charge in [0, 0.05) is 12.8 Å². The standard InChI is InChI=1S/C11H18N2O3/c1-8-4-10(11(16-3)5-12-8)13-9(6-14)7-15-2/h4-5,9,14H,6-7H2,1-3H3,(H,12,13). The number of ether oxygens (including phenoxy) is 2. The average molecular weight is 226 g/mol. The van der Waals surface area contributed by atoms with Gasteiger partial charge in [-0.05, 0) is 13.0 Å². The molecular weight excluding hydrogens is 208 g/mol. The van der Waals surface area contributed by atoms with Crippen molar-refractivity contribution in [2.75, 3.05) is 32.8 Å². The Balaban J connectivity index is 2.80. The molecule has 0 aliphatic carbocycles. The molecule has 0 aliphatic heterocycles. The molecule has 0 spiro atoms. The number of aromatic nitrogens is 1. The summed E-state index contributed by atoms with van der Waals surface area (Å²) in [6.45, 7) is 2.33. The molecule has 5 heteroatoms. The Morgan fingerprint density at radius 3 is 2.81 bits per heavy atom. The summed E-state index contributed by atoms with van der Waals surface area (Å²) in [6.07, 6.45) is 1.65. The van der Waals surface area contributed by atoms with Crippen molar-refractivity contribution in [1.82, 2.24) is 4.98 Å². The van der Waals surface area contributed by atoms with Crippen LogP contribution in [0.25, 0.3) is 0 Å². The molecular formula is C11H18N2O3. The third kappa shape index (κ3) is 3.36. The van der Waals surface area contributed by atoms with E-state index in [1.807, 2.05) is 13.0 Å². The van der Waals surface area contributed by atoms with E-state index < -0.39 is 0 Å². The summed E-state index contributed by atoms with van der Waals surface area (Å²) in [6, 6.07) is 1.72. The maximum atomic E-state index is 9.15. The van der Waals surface area contributed by atoms with Crippen LogP contribution in [0, 0.1) is 6.92 Å². The van der Waals surface area contributed by atoms with Crippen LogP contribution in [0.3, 0.4) is 0 Å². The number of rotatable bonds is 6. The topological polar surface area (TPSA) is 63.6 Å². The first-order chi connectivity index (χ1) is 7.71. The SMILES string of the molecule is COCC(CO)Nc1cc(C)ncc1OC. The first-order valence-electron chi connectivity index (χ1n) is 5.08. The van der Waals surface area contributed by atoms with E-state index in [2.05, 4.69) is 10.3 Å². The fourth-order valence-corrected chi connectivity index (χ4v) is 1.38. The van der Waals surface area contributed by atoms with Gasteiger partial charge in [0.1, 0.15) is 0 Å². The lowest BCUT2D eigenvalue weighted by Gasteiger charge is -2.18. The van der Waals surface area contributed by atoms with E-state index in [1.54, 1.807) is 20.4 Å². The van der Waals surface area contributed by atoms with E-state index >= 15 is 0 Å². The zero-order chi connectivity index (χ0) is 12.0. The molecule has 5 nitrogen and oxygen atoms in total. The van der Waals surface area contributed by atoms with Gasteiger partial charge in [0.05, 0.1) is 38.2 Å². The van der Waals surface area contributed by atoms with Crippen molar-refractivity contribution in [3.8, 4) is 5.75 Å². The number of pyridine rings is 1. The van der Waals surface area contributed by atoms with E-state index in [1.165, 1.54) is 0 Å². The van der Waals surface area contributed by atoms with Gasteiger partial charge in [0.25, 0.3) is 0 Å². The Hall–Kier alpha value is -1.33. The van der Waals surface area contributed by atoms with Gasteiger partial charge in [-0.25, -0.2) is 0 Å². The highest BCUT2D eigenvalue weighted by atomic mass is 16.5. The number of hydrogen-bond donors (Lipinski definition) is 2. The molecule has 90 valence electrons. The van der Waals surface area contributed by atoms with E-state index in [0.717, 1.165) is 11.4 Å². The van der Waals surface area contributed by atoms with Crippen molar-refractivity contribution in [2.45, 2.75) is 13.0 Å². The Morgan fingerprint density at radius 1 is 1.50 bits per heavy atom. The summed E-state index contributed by atoms with van der Waals surface area (Å²) in [5.41, 5.74) is 1.70. The van der Waals surface area contributed by atoms with Gasteiger partial charge in [0.2, 0.25) is 0 Å². The zero-order valence-corrected chi connectivity index (χ0v) is 9.86. The second-order valence-electron chi connectivity index (χ2n) is 3.51. The molecule has 0 saturated heterocycles. The molecule has 16 heavy (non-hydrogen) atoms. The summed E-state index contributed by atoms with van der Waals surface area (Å²) < 4.78 is 10.2. The van der Waals surface area contributed by atoms with E-state index in [-0.39, 0.29) is 12.6 Å². The fourth-order valence-electron chi connectivity index (χ4n) is 1.38. The van der Waals surface area contributed by atoms with E-state index in [4.69, 9.17) is 14.6 Å². The Morgan fingerprint density at radius 2 is 2.25 bits per heavy atom. The highest BCUT2D eigenvalue weighted by Crippen LogP contribution is 2.24. The summed E-state index contributed by atoms with van der Waals surface area (Å²) in [5.74, 6) is 0.653. The number of aryl methyl sites for hydroxylation is 1. The molecule has 0 radical (unpaired) electrons. The van der Waals surface area contributed by atoms with E-state index in [9.17, 15) is 0 Å². The van der Waals surface area contributed by atoms with Crippen LogP contribution >= 0.6 is 0 Å². The van der Waals surface area contributed by atoms with Crippen LogP contribution in [-0.4, -0.2) is 43.6 Å². The predicted octanol–water partition coefficient (Wildman–Crippen LogP) is 0.818. The van der Waals surface area contributed by atoms with Gasteiger partial charge in [-0.1, -0.05) is 0 Å². The summed E-state index contributed by atoms with van der Waals surface area (Å²) in [5, 5.41) is 12.3. The number of aliphatic hydroxyl groups excluding tert-OH is 1. The highest BCUT2D eigenvalue weighted by molar-refractivity contribution is 5.56. The molecule has 0 aliphatic rings. The Labute approximate surface area is 95.4 Å². The lowest BCUT2D eigenvalue weighted by atomic mass is 10.2.